The molecule has 0 saturated carbocycles. The third-order valence-corrected chi connectivity index (χ3v) is 4.02. The molecule has 0 aliphatic carbocycles. The van der Waals surface area contributed by atoms with E-state index in [0.717, 1.165) is 30.1 Å². The van der Waals surface area contributed by atoms with E-state index in [2.05, 4.69) is 9.88 Å². The third kappa shape index (κ3) is 4.67. The normalized spacial score (nSPS) is 16.6. The first kappa shape index (κ1) is 16.7. The number of thiazole rings is 1. The maximum absolute atomic E-state index is 12.0. The fourth-order valence-corrected chi connectivity index (χ4v) is 2.77. The van der Waals surface area contributed by atoms with Crippen molar-refractivity contribution >= 4 is 23.4 Å². The van der Waals surface area contributed by atoms with Crippen LogP contribution in [0.4, 0.5) is 4.79 Å². The molecule has 1 N–H and O–H groups in total. The van der Waals surface area contributed by atoms with E-state index >= 15 is 0 Å². The minimum Gasteiger partial charge on any atom is -0.476 e. The highest BCUT2D eigenvalue weighted by atomic mass is 32.1. The highest BCUT2D eigenvalue weighted by Gasteiger charge is 2.26. The lowest BCUT2D eigenvalue weighted by Crippen LogP contribution is -2.49. The molecule has 8 heteroatoms. The highest BCUT2D eigenvalue weighted by molar-refractivity contribution is 7.11. The molecule has 7 nitrogen and oxygen atoms in total. The standard InChI is InChI=1S/C14H21N3O4S/c1-14(2,3)21-13(20)17-6-4-16(5-7-17)8-10-9-22-11(15-10)12(18)19/h9H,4-8H2,1-3H3,(H,18,19). The molecular weight excluding hydrogens is 306 g/mol. The minimum absolute atomic E-state index is 0.113. The first-order valence-electron chi connectivity index (χ1n) is 7.12. The summed E-state index contributed by atoms with van der Waals surface area (Å²) in [6.07, 6.45) is -0.283. The molecule has 1 amide bonds. The summed E-state index contributed by atoms with van der Waals surface area (Å²) in [5, 5.41) is 10.7. The molecule has 0 unspecified atom stereocenters. The Bertz CT molecular complexity index is 545. The molecule has 1 aromatic heterocycles. The number of hydrogen-bond donors (Lipinski definition) is 1. The molecule has 1 aromatic rings. The zero-order valence-corrected chi connectivity index (χ0v) is 13.9. The van der Waals surface area contributed by atoms with Crippen LogP contribution in [0.1, 0.15) is 36.3 Å². The number of nitrogens with zero attached hydrogens (tertiary/aromatic N) is 3. The number of carboxylic acid groups (broad SMARTS) is 1. The first-order valence-corrected chi connectivity index (χ1v) is 8.00. The van der Waals surface area contributed by atoms with Gasteiger partial charge in [0, 0.05) is 38.1 Å². The van der Waals surface area contributed by atoms with Crippen molar-refractivity contribution in [1.29, 1.82) is 0 Å². The molecule has 2 rings (SSSR count). The van der Waals surface area contributed by atoms with E-state index in [0.29, 0.717) is 19.6 Å². The van der Waals surface area contributed by atoms with Crippen LogP contribution in [0.3, 0.4) is 0 Å². The molecule has 1 saturated heterocycles. The van der Waals surface area contributed by atoms with Gasteiger partial charge in [0.1, 0.15) is 5.60 Å². The molecule has 122 valence electrons. The van der Waals surface area contributed by atoms with Crippen LogP contribution in [0.25, 0.3) is 0 Å². The fourth-order valence-electron chi connectivity index (χ4n) is 2.12. The van der Waals surface area contributed by atoms with E-state index < -0.39 is 11.6 Å². The molecule has 0 atom stereocenters. The number of rotatable bonds is 3. The van der Waals surface area contributed by atoms with Gasteiger partial charge in [-0.3, -0.25) is 4.90 Å². The van der Waals surface area contributed by atoms with E-state index in [9.17, 15) is 9.59 Å². The van der Waals surface area contributed by atoms with Crippen molar-refractivity contribution in [1.82, 2.24) is 14.8 Å². The summed E-state index contributed by atoms with van der Waals surface area (Å²) in [7, 11) is 0. The topological polar surface area (TPSA) is 83.0 Å². The van der Waals surface area contributed by atoms with Gasteiger partial charge in [-0.25, -0.2) is 14.6 Å². The van der Waals surface area contributed by atoms with Gasteiger partial charge in [-0.2, -0.15) is 0 Å². The summed E-state index contributed by atoms with van der Waals surface area (Å²) in [6.45, 7) is 8.80. The van der Waals surface area contributed by atoms with Gasteiger partial charge in [0.2, 0.25) is 5.01 Å². The Morgan fingerprint density at radius 2 is 1.95 bits per heavy atom. The summed E-state index contributed by atoms with van der Waals surface area (Å²) in [6, 6.07) is 0. The van der Waals surface area contributed by atoms with Gasteiger partial charge in [-0.05, 0) is 20.8 Å². The molecule has 0 aromatic carbocycles. The Labute approximate surface area is 133 Å². The van der Waals surface area contributed by atoms with Gasteiger partial charge >= 0.3 is 12.1 Å². The lowest BCUT2D eigenvalue weighted by Gasteiger charge is -2.35. The van der Waals surface area contributed by atoms with E-state index in [4.69, 9.17) is 9.84 Å². The van der Waals surface area contributed by atoms with E-state index in [1.54, 1.807) is 10.3 Å². The molecule has 0 radical (unpaired) electrons. The van der Waals surface area contributed by atoms with E-state index in [-0.39, 0.29) is 11.1 Å². The quantitative estimate of drug-likeness (QED) is 0.913. The van der Waals surface area contributed by atoms with Crippen molar-refractivity contribution in [3.63, 3.8) is 0 Å². The molecule has 1 aliphatic rings. The number of hydrogen-bond acceptors (Lipinski definition) is 6. The van der Waals surface area contributed by atoms with Crippen molar-refractivity contribution in [2.24, 2.45) is 0 Å². The van der Waals surface area contributed by atoms with Crippen LogP contribution in [0.5, 0.6) is 0 Å². The summed E-state index contributed by atoms with van der Waals surface area (Å²) in [4.78, 5) is 30.7. The van der Waals surface area contributed by atoms with Crippen LogP contribution in [0, 0.1) is 0 Å². The number of ether oxygens (including phenoxy) is 1. The number of piperazine rings is 1. The second-order valence-electron chi connectivity index (χ2n) is 6.19. The Morgan fingerprint density at radius 3 is 2.45 bits per heavy atom. The summed E-state index contributed by atoms with van der Waals surface area (Å²) in [5.41, 5.74) is 0.273. The van der Waals surface area contributed by atoms with Gasteiger partial charge in [0.15, 0.2) is 0 Å². The van der Waals surface area contributed by atoms with Crippen molar-refractivity contribution in [3.8, 4) is 0 Å². The predicted molar refractivity (Wildman–Crippen MR) is 82.2 cm³/mol. The number of amides is 1. The second kappa shape index (κ2) is 6.62. The zero-order valence-electron chi connectivity index (χ0n) is 13.0. The van der Waals surface area contributed by atoms with Crippen LogP contribution in [-0.4, -0.2) is 63.7 Å². The second-order valence-corrected chi connectivity index (χ2v) is 7.05. The van der Waals surface area contributed by atoms with Crippen LogP contribution in [0.15, 0.2) is 5.38 Å². The summed E-state index contributed by atoms with van der Waals surface area (Å²) in [5.74, 6) is -0.994. The van der Waals surface area contributed by atoms with Crippen LogP contribution in [0.2, 0.25) is 0 Å². The Kier molecular flexibility index (Phi) is 5.02. The fraction of sp³-hybridized carbons (Fsp3) is 0.643. The SMILES string of the molecule is CC(C)(C)OC(=O)N1CCN(Cc2csc(C(=O)O)n2)CC1. The number of carboxylic acids is 1. The molecular formula is C14H21N3O4S. The third-order valence-electron chi connectivity index (χ3n) is 3.14. The van der Waals surface area contributed by atoms with Gasteiger partial charge in [-0.15, -0.1) is 11.3 Å². The molecule has 1 fully saturated rings. The van der Waals surface area contributed by atoms with Crippen LogP contribution >= 0.6 is 11.3 Å². The Hall–Kier alpha value is -1.67. The summed E-state index contributed by atoms with van der Waals surface area (Å²) < 4.78 is 5.35. The molecule has 1 aliphatic heterocycles. The lowest BCUT2D eigenvalue weighted by atomic mass is 10.2. The molecule has 0 spiro atoms. The number of carbonyl (C=O) groups excluding carboxylic acids is 1. The van der Waals surface area contributed by atoms with E-state index in [1.165, 1.54) is 0 Å². The van der Waals surface area contributed by atoms with E-state index in [1.807, 2.05) is 20.8 Å². The summed E-state index contributed by atoms with van der Waals surface area (Å²) >= 11 is 1.14. The first-order chi connectivity index (χ1) is 10.2. The minimum atomic E-state index is -0.994. The average Bonchev–Trinajstić information content (AvgIpc) is 2.86. The number of aromatic nitrogens is 1. The van der Waals surface area contributed by atoms with Crippen molar-refractivity contribution in [2.75, 3.05) is 26.2 Å². The Balaban J connectivity index is 1.81. The van der Waals surface area contributed by atoms with Gasteiger partial charge in [0.25, 0.3) is 0 Å². The number of aromatic carboxylic acids is 1. The monoisotopic (exact) mass is 327 g/mol. The van der Waals surface area contributed by atoms with Gasteiger partial charge in [0.05, 0.1) is 5.69 Å². The van der Waals surface area contributed by atoms with Crippen molar-refractivity contribution in [3.05, 3.63) is 16.1 Å². The van der Waals surface area contributed by atoms with Crippen LogP contribution < -0.4 is 0 Å². The lowest BCUT2D eigenvalue weighted by molar-refractivity contribution is 0.0138. The van der Waals surface area contributed by atoms with Gasteiger partial charge < -0.3 is 14.7 Å². The van der Waals surface area contributed by atoms with Crippen molar-refractivity contribution < 1.29 is 19.4 Å². The smallest absolute Gasteiger partial charge is 0.410 e. The molecule has 2 heterocycles. The molecule has 22 heavy (non-hydrogen) atoms. The maximum Gasteiger partial charge on any atom is 0.410 e. The number of carbonyl (C=O) groups is 2. The maximum atomic E-state index is 12.0. The molecule has 0 bridgehead atoms. The highest BCUT2D eigenvalue weighted by Crippen LogP contribution is 2.15. The average molecular weight is 327 g/mol. The van der Waals surface area contributed by atoms with Crippen molar-refractivity contribution in [2.45, 2.75) is 32.9 Å². The Morgan fingerprint density at radius 1 is 1.32 bits per heavy atom. The van der Waals surface area contributed by atoms with Gasteiger partial charge in [-0.1, -0.05) is 0 Å². The van der Waals surface area contributed by atoms with Crippen LogP contribution in [-0.2, 0) is 11.3 Å². The zero-order chi connectivity index (χ0) is 16.3. The largest absolute Gasteiger partial charge is 0.476 e. The predicted octanol–water partition coefficient (Wildman–Crippen LogP) is 1.89.